The summed E-state index contributed by atoms with van der Waals surface area (Å²) in [5.74, 6) is 2.13. The van der Waals surface area contributed by atoms with Crippen molar-refractivity contribution in [2.45, 2.75) is 6.92 Å². The van der Waals surface area contributed by atoms with Gasteiger partial charge in [-0.25, -0.2) is 9.97 Å². The third-order valence-electron chi connectivity index (χ3n) is 4.47. The number of pyridine rings is 1. The second kappa shape index (κ2) is 7.55. The fourth-order valence-corrected chi connectivity index (χ4v) is 2.95. The van der Waals surface area contributed by atoms with Crippen molar-refractivity contribution in [3.05, 3.63) is 78.0 Å². The number of carbonyl (C=O) groups is 1. The molecule has 4 aromatic rings. The minimum atomic E-state index is -0.474. The number of rotatable bonds is 5. The third kappa shape index (κ3) is 3.70. The summed E-state index contributed by atoms with van der Waals surface area (Å²) in [4.78, 5) is 20.7. The van der Waals surface area contributed by atoms with Crippen LogP contribution in [0.1, 0.15) is 16.1 Å². The Morgan fingerprint density at radius 2 is 1.62 bits per heavy atom. The van der Waals surface area contributed by atoms with Gasteiger partial charge in [0.2, 0.25) is 5.91 Å². The summed E-state index contributed by atoms with van der Waals surface area (Å²) in [6, 6.07) is 20.2. The number of carbonyl (C=O) groups excluding carboxylic acids is 1. The molecule has 0 fully saturated rings. The molecule has 0 saturated heterocycles. The Kier molecular flexibility index (Phi) is 4.78. The third-order valence-corrected chi connectivity index (χ3v) is 4.47. The van der Waals surface area contributed by atoms with Crippen molar-refractivity contribution in [3.63, 3.8) is 0 Å². The van der Waals surface area contributed by atoms with Crippen molar-refractivity contribution in [1.29, 1.82) is 0 Å². The molecule has 144 valence electrons. The number of hydrogen-bond donors (Lipinski definition) is 1. The molecule has 0 aliphatic heterocycles. The van der Waals surface area contributed by atoms with Gasteiger partial charge in [-0.1, -0.05) is 18.2 Å². The summed E-state index contributed by atoms with van der Waals surface area (Å²) >= 11 is 0. The number of benzene rings is 2. The van der Waals surface area contributed by atoms with Gasteiger partial charge in [0, 0.05) is 22.4 Å². The first-order valence-corrected chi connectivity index (χ1v) is 9.01. The Morgan fingerprint density at radius 3 is 2.24 bits per heavy atom. The molecule has 0 saturated carbocycles. The van der Waals surface area contributed by atoms with E-state index in [0.717, 1.165) is 22.6 Å². The minimum Gasteiger partial charge on any atom is -0.497 e. The number of aromatic nitrogens is 4. The van der Waals surface area contributed by atoms with Gasteiger partial charge in [-0.2, -0.15) is 4.68 Å². The van der Waals surface area contributed by atoms with E-state index in [0.29, 0.717) is 23.0 Å². The quantitative estimate of drug-likeness (QED) is 0.568. The van der Waals surface area contributed by atoms with E-state index in [9.17, 15) is 4.79 Å². The number of amides is 1. The molecule has 0 bridgehead atoms. The Balaban J connectivity index is 1.84. The van der Waals surface area contributed by atoms with Gasteiger partial charge in [0.15, 0.2) is 17.5 Å². The highest BCUT2D eigenvalue weighted by molar-refractivity contribution is 5.93. The van der Waals surface area contributed by atoms with Gasteiger partial charge >= 0.3 is 0 Å². The van der Waals surface area contributed by atoms with Crippen LogP contribution in [0.15, 0.2) is 66.7 Å². The lowest BCUT2D eigenvalue weighted by atomic mass is 10.1. The molecule has 29 heavy (non-hydrogen) atoms. The molecule has 2 heterocycles. The zero-order valence-electron chi connectivity index (χ0n) is 16.0. The van der Waals surface area contributed by atoms with E-state index in [4.69, 9.17) is 15.5 Å². The summed E-state index contributed by atoms with van der Waals surface area (Å²) in [5, 5.41) is 4.68. The maximum atomic E-state index is 11.3. The lowest BCUT2D eigenvalue weighted by Gasteiger charge is -2.06. The molecule has 7 heteroatoms. The predicted molar refractivity (Wildman–Crippen MR) is 110 cm³/mol. The van der Waals surface area contributed by atoms with Crippen LogP contribution >= 0.6 is 0 Å². The van der Waals surface area contributed by atoms with Crippen LogP contribution < -0.4 is 10.5 Å². The van der Waals surface area contributed by atoms with E-state index in [1.54, 1.807) is 36.1 Å². The Labute approximate surface area is 167 Å². The Hall–Kier alpha value is -4.00. The molecule has 2 aromatic carbocycles. The van der Waals surface area contributed by atoms with Crippen molar-refractivity contribution >= 4 is 5.91 Å². The smallest absolute Gasteiger partial charge is 0.248 e. The molecule has 0 atom stereocenters. The van der Waals surface area contributed by atoms with Crippen molar-refractivity contribution < 1.29 is 9.53 Å². The van der Waals surface area contributed by atoms with Crippen LogP contribution in [0.5, 0.6) is 5.75 Å². The number of hydrogen-bond acceptors (Lipinski definition) is 5. The molecule has 0 aliphatic carbocycles. The van der Waals surface area contributed by atoms with Gasteiger partial charge in [0.25, 0.3) is 0 Å². The average molecular weight is 385 g/mol. The SMILES string of the molecule is COc1ccc(-c2nc(-c3ccc(C(N)=O)cc3)nn2-c2cccc(C)n2)cc1. The number of ether oxygens (including phenoxy) is 1. The van der Waals surface area contributed by atoms with Crippen LogP contribution in [0.2, 0.25) is 0 Å². The number of methoxy groups -OCH3 is 1. The average Bonchev–Trinajstić information content (AvgIpc) is 3.19. The number of primary amides is 1. The maximum Gasteiger partial charge on any atom is 0.248 e. The molecule has 0 radical (unpaired) electrons. The van der Waals surface area contributed by atoms with E-state index in [-0.39, 0.29) is 0 Å². The van der Waals surface area contributed by atoms with Crippen molar-refractivity contribution in [2.75, 3.05) is 7.11 Å². The highest BCUT2D eigenvalue weighted by Crippen LogP contribution is 2.26. The highest BCUT2D eigenvalue weighted by Gasteiger charge is 2.16. The summed E-state index contributed by atoms with van der Waals surface area (Å²) in [7, 11) is 1.63. The topological polar surface area (TPSA) is 95.9 Å². The lowest BCUT2D eigenvalue weighted by molar-refractivity contribution is 0.100. The number of nitrogens with two attached hydrogens (primary N) is 1. The summed E-state index contributed by atoms with van der Waals surface area (Å²) in [5.41, 5.74) is 8.29. The monoisotopic (exact) mass is 385 g/mol. The summed E-state index contributed by atoms with van der Waals surface area (Å²) < 4.78 is 6.96. The van der Waals surface area contributed by atoms with E-state index in [1.807, 2.05) is 49.4 Å². The Morgan fingerprint density at radius 1 is 0.931 bits per heavy atom. The molecule has 0 spiro atoms. The molecule has 0 aliphatic rings. The first kappa shape index (κ1) is 18.4. The molecular weight excluding hydrogens is 366 g/mol. The van der Waals surface area contributed by atoms with Gasteiger partial charge in [0.1, 0.15) is 5.75 Å². The van der Waals surface area contributed by atoms with E-state index in [1.165, 1.54) is 0 Å². The first-order chi connectivity index (χ1) is 14.0. The predicted octanol–water partition coefficient (Wildman–Crippen LogP) is 3.41. The fourth-order valence-electron chi connectivity index (χ4n) is 2.95. The normalized spacial score (nSPS) is 10.7. The largest absolute Gasteiger partial charge is 0.497 e. The van der Waals surface area contributed by atoms with E-state index in [2.05, 4.69) is 10.1 Å². The second-order valence-electron chi connectivity index (χ2n) is 6.48. The van der Waals surface area contributed by atoms with Crippen LogP contribution in [0.25, 0.3) is 28.6 Å². The molecule has 2 N–H and O–H groups in total. The number of aryl methyl sites for hydroxylation is 1. The molecule has 7 nitrogen and oxygen atoms in total. The molecule has 4 rings (SSSR count). The molecular formula is C22H19N5O2. The molecule has 0 unspecified atom stereocenters. The fraction of sp³-hybridized carbons (Fsp3) is 0.0909. The maximum absolute atomic E-state index is 11.3. The van der Waals surface area contributed by atoms with Crippen molar-refractivity contribution in [1.82, 2.24) is 19.7 Å². The van der Waals surface area contributed by atoms with Gasteiger partial charge in [-0.3, -0.25) is 4.79 Å². The summed E-state index contributed by atoms with van der Waals surface area (Å²) in [6.45, 7) is 1.93. The van der Waals surface area contributed by atoms with Crippen molar-refractivity contribution in [2.24, 2.45) is 5.73 Å². The van der Waals surface area contributed by atoms with Gasteiger partial charge in [0.05, 0.1) is 7.11 Å². The van der Waals surface area contributed by atoms with Gasteiger partial charge in [-0.15, -0.1) is 5.10 Å². The molecule has 2 aromatic heterocycles. The van der Waals surface area contributed by atoms with Gasteiger partial charge < -0.3 is 10.5 Å². The minimum absolute atomic E-state index is 0.434. The van der Waals surface area contributed by atoms with Crippen LogP contribution in [-0.4, -0.2) is 32.8 Å². The van der Waals surface area contributed by atoms with Crippen LogP contribution in [0, 0.1) is 6.92 Å². The van der Waals surface area contributed by atoms with Crippen LogP contribution in [-0.2, 0) is 0 Å². The number of nitrogens with zero attached hydrogens (tertiary/aromatic N) is 4. The second-order valence-corrected chi connectivity index (χ2v) is 6.48. The first-order valence-electron chi connectivity index (χ1n) is 9.01. The van der Waals surface area contributed by atoms with E-state index >= 15 is 0 Å². The van der Waals surface area contributed by atoms with Crippen molar-refractivity contribution in [3.8, 4) is 34.3 Å². The molecule has 1 amide bonds. The zero-order chi connectivity index (χ0) is 20.4. The highest BCUT2D eigenvalue weighted by atomic mass is 16.5. The van der Waals surface area contributed by atoms with Crippen LogP contribution in [0.3, 0.4) is 0 Å². The standard InChI is InChI=1S/C22H19N5O2/c1-14-4-3-5-19(24-14)27-22(17-10-12-18(29-2)13-11-17)25-21(26-27)16-8-6-15(7-9-16)20(23)28/h3-13H,1-2H3,(H2,23,28). The Bertz CT molecular complexity index is 1160. The lowest BCUT2D eigenvalue weighted by Crippen LogP contribution is -2.10. The van der Waals surface area contributed by atoms with E-state index < -0.39 is 5.91 Å². The van der Waals surface area contributed by atoms with Crippen LogP contribution in [0.4, 0.5) is 0 Å². The summed E-state index contributed by atoms with van der Waals surface area (Å²) in [6.07, 6.45) is 0. The zero-order valence-corrected chi connectivity index (χ0v) is 16.0. The van der Waals surface area contributed by atoms with Gasteiger partial charge in [-0.05, 0) is 55.5 Å².